The summed E-state index contributed by atoms with van der Waals surface area (Å²) >= 11 is 0. The highest BCUT2D eigenvalue weighted by molar-refractivity contribution is 5.74. The number of ether oxygens (including phenoxy) is 2. The number of methoxy groups -OCH3 is 1. The Hall–Kier alpha value is -1.34. The van der Waals surface area contributed by atoms with E-state index >= 15 is 0 Å². The number of likely N-dealkylation sites (N-methyl/N-ethyl adjacent to an activating group) is 1. The van der Waals surface area contributed by atoms with Crippen LogP contribution in [0.2, 0.25) is 0 Å². The summed E-state index contributed by atoms with van der Waals surface area (Å²) in [6.45, 7) is 2.18. The lowest BCUT2D eigenvalue weighted by molar-refractivity contribution is -0.141. The molecule has 7 nitrogen and oxygen atoms in total. The van der Waals surface area contributed by atoms with E-state index in [1.54, 1.807) is 24.0 Å². The van der Waals surface area contributed by atoms with E-state index in [1.807, 2.05) is 0 Å². The molecule has 1 N–H and O–H groups in total. The smallest absolute Gasteiger partial charge is 0.319 e. The maximum absolute atomic E-state index is 12.0. The molecule has 1 unspecified atom stereocenters. The standard InChI is InChI=1S/C11H20N2O5/c1-12(3-5-17-2)11(16)13-4-6-18-9(8-13)7-10(14)15/h9H,3-8H2,1-2H3,(H,14,15). The molecular formula is C11H20N2O5. The van der Waals surface area contributed by atoms with Gasteiger partial charge in [0.25, 0.3) is 0 Å². The fourth-order valence-corrected chi connectivity index (χ4v) is 1.78. The second-order valence-corrected chi connectivity index (χ2v) is 4.23. The van der Waals surface area contributed by atoms with Crippen LogP contribution < -0.4 is 0 Å². The zero-order valence-electron chi connectivity index (χ0n) is 10.8. The molecule has 1 atom stereocenters. The summed E-state index contributed by atoms with van der Waals surface area (Å²) in [5.41, 5.74) is 0. The van der Waals surface area contributed by atoms with Gasteiger partial charge < -0.3 is 24.4 Å². The first kappa shape index (κ1) is 14.7. The van der Waals surface area contributed by atoms with Gasteiger partial charge in [0.15, 0.2) is 0 Å². The van der Waals surface area contributed by atoms with E-state index in [0.717, 1.165) is 0 Å². The Bertz CT molecular complexity index is 297. The molecule has 1 aliphatic heterocycles. The molecule has 1 saturated heterocycles. The van der Waals surface area contributed by atoms with Gasteiger partial charge in [-0.25, -0.2) is 4.79 Å². The number of hydrogen-bond donors (Lipinski definition) is 1. The van der Waals surface area contributed by atoms with Crippen LogP contribution in [0.1, 0.15) is 6.42 Å². The molecule has 1 aliphatic rings. The highest BCUT2D eigenvalue weighted by Gasteiger charge is 2.27. The Morgan fingerprint density at radius 2 is 2.28 bits per heavy atom. The molecule has 1 fully saturated rings. The molecule has 104 valence electrons. The van der Waals surface area contributed by atoms with Crippen molar-refractivity contribution in [2.24, 2.45) is 0 Å². The van der Waals surface area contributed by atoms with Crippen LogP contribution in [0.5, 0.6) is 0 Å². The largest absolute Gasteiger partial charge is 0.481 e. The SMILES string of the molecule is COCCN(C)C(=O)N1CCOC(CC(=O)O)C1. The molecule has 0 spiro atoms. The molecule has 0 bridgehead atoms. The third-order valence-electron chi connectivity index (χ3n) is 2.77. The number of carbonyl (C=O) groups is 2. The first-order valence-corrected chi connectivity index (χ1v) is 5.87. The number of hydrogen-bond acceptors (Lipinski definition) is 4. The van der Waals surface area contributed by atoms with E-state index in [0.29, 0.717) is 32.8 Å². The Kier molecular flexibility index (Phi) is 5.87. The number of carboxylic acid groups (broad SMARTS) is 1. The van der Waals surface area contributed by atoms with E-state index in [9.17, 15) is 9.59 Å². The molecular weight excluding hydrogens is 240 g/mol. The molecule has 0 aromatic carbocycles. The predicted octanol–water partition coefficient (Wildman–Crippen LogP) is -0.140. The van der Waals surface area contributed by atoms with E-state index in [-0.39, 0.29) is 12.5 Å². The first-order chi connectivity index (χ1) is 8.54. The number of aliphatic carboxylic acids is 1. The minimum atomic E-state index is -0.915. The number of carboxylic acids is 1. The van der Waals surface area contributed by atoms with Crippen molar-refractivity contribution in [2.45, 2.75) is 12.5 Å². The van der Waals surface area contributed by atoms with Crippen LogP contribution in [-0.2, 0) is 14.3 Å². The van der Waals surface area contributed by atoms with Gasteiger partial charge in [-0.3, -0.25) is 4.79 Å². The van der Waals surface area contributed by atoms with Crippen LogP contribution in [0.15, 0.2) is 0 Å². The van der Waals surface area contributed by atoms with Gasteiger partial charge >= 0.3 is 12.0 Å². The molecule has 0 aliphatic carbocycles. The van der Waals surface area contributed by atoms with Gasteiger partial charge in [0.1, 0.15) is 0 Å². The lowest BCUT2D eigenvalue weighted by Gasteiger charge is -2.34. The molecule has 2 amide bonds. The quantitative estimate of drug-likeness (QED) is 0.744. The predicted molar refractivity (Wildman–Crippen MR) is 63.5 cm³/mol. The van der Waals surface area contributed by atoms with Crippen molar-refractivity contribution in [3.63, 3.8) is 0 Å². The summed E-state index contributed by atoms with van der Waals surface area (Å²) < 4.78 is 10.2. The van der Waals surface area contributed by atoms with Crippen LogP contribution in [0.3, 0.4) is 0 Å². The molecule has 0 saturated carbocycles. The third-order valence-corrected chi connectivity index (χ3v) is 2.77. The lowest BCUT2D eigenvalue weighted by atomic mass is 10.2. The van der Waals surface area contributed by atoms with Crippen LogP contribution >= 0.6 is 0 Å². The molecule has 0 aromatic heterocycles. The van der Waals surface area contributed by atoms with Gasteiger partial charge in [-0.15, -0.1) is 0 Å². The van der Waals surface area contributed by atoms with Gasteiger partial charge in [-0.1, -0.05) is 0 Å². The topological polar surface area (TPSA) is 79.3 Å². The highest BCUT2D eigenvalue weighted by Crippen LogP contribution is 2.10. The summed E-state index contributed by atoms with van der Waals surface area (Å²) in [5, 5.41) is 8.71. The van der Waals surface area contributed by atoms with Crippen molar-refractivity contribution < 1.29 is 24.2 Å². The molecule has 18 heavy (non-hydrogen) atoms. The summed E-state index contributed by atoms with van der Waals surface area (Å²) in [6, 6.07) is -0.120. The maximum atomic E-state index is 12.0. The molecule has 0 aromatic rings. The van der Waals surface area contributed by atoms with Crippen LogP contribution in [0.4, 0.5) is 4.79 Å². The molecule has 1 rings (SSSR count). The van der Waals surface area contributed by atoms with Gasteiger partial charge in [-0.2, -0.15) is 0 Å². The number of morpholine rings is 1. The van der Waals surface area contributed by atoms with Crippen LogP contribution in [-0.4, -0.2) is 80.0 Å². The Morgan fingerprint density at radius 1 is 1.56 bits per heavy atom. The summed E-state index contributed by atoms with van der Waals surface area (Å²) in [7, 11) is 3.28. The second-order valence-electron chi connectivity index (χ2n) is 4.23. The number of amides is 2. The highest BCUT2D eigenvalue weighted by atomic mass is 16.5. The van der Waals surface area contributed by atoms with Crippen molar-refractivity contribution >= 4 is 12.0 Å². The summed E-state index contributed by atoms with van der Waals surface area (Å²) in [5.74, 6) is -0.915. The first-order valence-electron chi connectivity index (χ1n) is 5.87. The van der Waals surface area contributed by atoms with Crippen molar-refractivity contribution in [1.29, 1.82) is 0 Å². The van der Waals surface area contributed by atoms with Gasteiger partial charge in [-0.05, 0) is 0 Å². The lowest BCUT2D eigenvalue weighted by Crippen LogP contribution is -2.51. The molecule has 0 radical (unpaired) electrons. The minimum absolute atomic E-state index is 0.0778. The van der Waals surface area contributed by atoms with E-state index in [2.05, 4.69) is 0 Å². The number of nitrogens with zero attached hydrogens (tertiary/aromatic N) is 2. The zero-order valence-corrected chi connectivity index (χ0v) is 10.8. The van der Waals surface area contributed by atoms with Crippen molar-refractivity contribution in [2.75, 3.05) is 47.0 Å². The van der Waals surface area contributed by atoms with Crippen LogP contribution in [0.25, 0.3) is 0 Å². The molecule has 7 heteroatoms. The molecule has 1 heterocycles. The zero-order chi connectivity index (χ0) is 13.5. The summed E-state index contributed by atoms with van der Waals surface area (Å²) in [4.78, 5) is 25.8. The Morgan fingerprint density at radius 3 is 2.89 bits per heavy atom. The Labute approximate surface area is 106 Å². The number of rotatable bonds is 5. The second kappa shape index (κ2) is 7.17. The van der Waals surface area contributed by atoms with Crippen molar-refractivity contribution in [1.82, 2.24) is 9.80 Å². The number of carbonyl (C=O) groups excluding carboxylic acids is 1. The third kappa shape index (κ3) is 4.50. The van der Waals surface area contributed by atoms with Crippen LogP contribution in [0, 0.1) is 0 Å². The number of urea groups is 1. The normalized spacial score (nSPS) is 19.7. The van der Waals surface area contributed by atoms with E-state index in [1.165, 1.54) is 0 Å². The van der Waals surface area contributed by atoms with Gasteiger partial charge in [0.05, 0.1) is 25.7 Å². The minimum Gasteiger partial charge on any atom is -0.481 e. The average Bonchev–Trinajstić information content (AvgIpc) is 2.34. The van der Waals surface area contributed by atoms with Crippen molar-refractivity contribution in [3.05, 3.63) is 0 Å². The Balaban J connectivity index is 2.44. The average molecular weight is 260 g/mol. The van der Waals surface area contributed by atoms with E-state index in [4.69, 9.17) is 14.6 Å². The van der Waals surface area contributed by atoms with E-state index < -0.39 is 12.1 Å². The fourth-order valence-electron chi connectivity index (χ4n) is 1.78. The monoisotopic (exact) mass is 260 g/mol. The van der Waals surface area contributed by atoms with Gasteiger partial charge in [0.2, 0.25) is 0 Å². The fraction of sp³-hybridized carbons (Fsp3) is 0.818. The van der Waals surface area contributed by atoms with Crippen molar-refractivity contribution in [3.8, 4) is 0 Å². The summed E-state index contributed by atoms with van der Waals surface area (Å²) in [6.07, 6.45) is -0.498. The maximum Gasteiger partial charge on any atom is 0.319 e. The van der Waals surface area contributed by atoms with Gasteiger partial charge in [0, 0.05) is 33.8 Å².